The zero-order valence-corrected chi connectivity index (χ0v) is 33.1. The fourth-order valence-corrected chi connectivity index (χ4v) is 8.54. The number of aromatic amines is 1. The number of nitrogens with one attached hydrogen (secondary N) is 3. The minimum absolute atomic E-state index is 0.148. The normalized spacial score (nSPS) is 18.1. The maximum absolute atomic E-state index is 14.0. The highest BCUT2D eigenvalue weighted by Crippen LogP contribution is 2.35. The molecule has 0 bridgehead atoms. The molecule has 56 heavy (non-hydrogen) atoms. The van der Waals surface area contributed by atoms with Gasteiger partial charge in [0, 0.05) is 99.7 Å². The number of piperidine rings is 1. The molecular weight excluding hydrogens is 705 g/mol. The second-order valence-corrected chi connectivity index (χ2v) is 15.5. The average molecular weight is 759 g/mol. The molecule has 1 unspecified atom stereocenters. The number of nitrogens with zero attached hydrogens (tertiary/aromatic N) is 3. The number of anilines is 2. The SMILES string of the molecule is CCN(c1cc(-c2ccc(N3CCN(Cc4ccc(C5CCC(=O)NC5=O)cc4)CC3)cc2)cc(C(=O)NCc2c(C)cc(C)[nH]c2=O)c1C)C1CCOCC1. The molecule has 11 heteroatoms. The number of ether oxygens (including phenoxy) is 1. The van der Waals surface area contributed by atoms with Crippen LogP contribution in [0.2, 0.25) is 0 Å². The minimum Gasteiger partial charge on any atom is -0.381 e. The third kappa shape index (κ3) is 8.74. The first-order valence-corrected chi connectivity index (χ1v) is 20.0. The van der Waals surface area contributed by atoms with Crippen molar-refractivity contribution in [1.29, 1.82) is 0 Å². The van der Waals surface area contributed by atoms with Gasteiger partial charge in [-0.15, -0.1) is 0 Å². The molecule has 3 saturated heterocycles. The van der Waals surface area contributed by atoms with Gasteiger partial charge in [0.15, 0.2) is 0 Å². The van der Waals surface area contributed by atoms with Crippen LogP contribution in [0.5, 0.6) is 0 Å². The third-order valence-electron chi connectivity index (χ3n) is 11.8. The van der Waals surface area contributed by atoms with Gasteiger partial charge in [0.25, 0.3) is 11.5 Å². The Balaban J connectivity index is 1.05. The summed E-state index contributed by atoms with van der Waals surface area (Å²) in [5.74, 6) is -0.856. The van der Waals surface area contributed by atoms with Crippen molar-refractivity contribution in [3.8, 4) is 11.1 Å². The number of carbonyl (C=O) groups is 3. The van der Waals surface area contributed by atoms with Gasteiger partial charge in [0.05, 0.1) is 5.92 Å². The first-order chi connectivity index (χ1) is 27.1. The highest BCUT2D eigenvalue weighted by atomic mass is 16.5. The Morgan fingerprint density at radius 3 is 2.25 bits per heavy atom. The van der Waals surface area contributed by atoms with Crippen molar-refractivity contribution in [1.82, 2.24) is 20.5 Å². The largest absolute Gasteiger partial charge is 0.381 e. The summed E-state index contributed by atoms with van der Waals surface area (Å²) in [4.78, 5) is 60.7. The summed E-state index contributed by atoms with van der Waals surface area (Å²) in [7, 11) is 0. The van der Waals surface area contributed by atoms with Crippen LogP contribution in [0.25, 0.3) is 11.1 Å². The van der Waals surface area contributed by atoms with Gasteiger partial charge in [0.2, 0.25) is 11.8 Å². The molecule has 3 N–H and O–H groups in total. The zero-order valence-electron chi connectivity index (χ0n) is 33.1. The van der Waals surface area contributed by atoms with E-state index >= 15 is 0 Å². The van der Waals surface area contributed by atoms with Crippen molar-refractivity contribution in [2.45, 2.75) is 78.4 Å². The van der Waals surface area contributed by atoms with E-state index in [-0.39, 0.29) is 35.7 Å². The summed E-state index contributed by atoms with van der Waals surface area (Å²) in [5.41, 5.74) is 9.98. The molecule has 3 aliphatic rings. The van der Waals surface area contributed by atoms with Crippen molar-refractivity contribution < 1.29 is 19.1 Å². The number of aryl methyl sites for hydroxylation is 2. The molecule has 1 aromatic heterocycles. The summed E-state index contributed by atoms with van der Waals surface area (Å²) in [6.45, 7) is 14.9. The van der Waals surface area contributed by atoms with Gasteiger partial charge in [0.1, 0.15) is 0 Å². The Labute approximate surface area is 329 Å². The van der Waals surface area contributed by atoms with Crippen LogP contribution in [-0.4, -0.2) is 79.6 Å². The van der Waals surface area contributed by atoms with Crippen LogP contribution < -0.4 is 26.0 Å². The van der Waals surface area contributed by atoms with E-state index in [4.69, 9.17) is 4.74 Å². The Morgan fingerprint density at radius 2 is 1.59 bits per heavy atom. The van der Waals surface area contributed by atoms with Gasteiger partial charge in [-0.2, -0.15) is 0 Å². The number of rotatable bonds is 11. The van der Waals surface area contributed by atoms with Crippen LogP contribution >= 0.6 is 0 Å². The predicted octanol–water partition coefficient (Wildman–Crippen LogP) is 5.74. The monoisotopic (exact) mass is 758 g/mol. The molecule has 1 atom stereocenters. The van der Waals surface area contributed by atoms with Crippen LogP contribution in [0.4, 0.5) is 11.4 Å². The lowest BCUT2D eigenvalue weighted by Gasteiger charge is -2.37. The first kappa shape index (κ1) is 39.0. The van der Waals surface area contributed by atoms with E-state index in [1.54, 1.807) is 0 Å². The standard InChI is InChI=1S/C45H54N6O5/c1-5-51(37-16-22-56-23-17-37)41-26-35(25-39(31(41)4)43(53)46-27-40-29(2)24-30(3)47-45(40)55)33-10-12-36(13-11-33)50-20-18-49(19-21-50)28-32-6-8-34(9-7-32)38-14-15-42(52)48-44(38)54/h6-13,24-26,37-38H,5,14-23,27-28H2,1-4H3,(H,46,53)(H,47,55)(H,48,52,54). The van der Waals surface area contributed by atoms with Gasteiger partial charge >= 0.3 is 0 Å². The fraction of sp³-hybridized carbons (Fsp3) is 0.422. The lowest BCUT2D eigenvalue weighted by Crippen LogP contribution is -2.45. The summed E-state index contributed by atoms with van der Waals surface area (Å²) in [6, 6.07) is 23.4. The fourth-order valence-electron chi connectivity index (χ4n) is 8.54. The number of piperazine rings is 1. The van der Waals surface area contributed by atoms with Crippen molar-refractivity contribution in [2.75, 3.05) is 55.7 Å². The van der Waals surface area contributed by atoms with E-state index < -0.39 is 0 Å². The van der Waals surface area contributed by atoms with Crippen molar-refractivity contribution >= 4 is 29.1 Å². The minimum atomic E-state index is -0.263. The summed E-state index contributed by atoms with van der Waals surface area (Å²) in [5, 5.41) is 5.51. The van der Waals surface area contributed by atoms with E-state index in [2.05, 4.69) is 79.7 Å². The molecule has 0 radical (unpaired) electrons. The van der Waals surface area contributed by atoms with Crippen molar-refractivity contribution in [3.05, 3.63) is 116 Å². The van der Waals surface area contributed by atoms with E-state index in [0.717, 1.165) is 105 Å². The number of imide groups is 1. The maximum Gasteiger partial charge on any atom is 0.253 e. The lowest BCUT2D eigenvalue weighted by atomic mass is 9.90. The lowest BCUT2D eigenvalue weighted by molar-refractivity contribution is -0.134. The van der Waals surface area contributed by atoms with Gasteiger partial charge in [-0.25, -0.2) is 0 Å². The topological polar surface area (TPSA) is 127 Å². The van der Waals surface area contributed by atoms with Crippen LogP contribution in [-0.2, 0) is 27.4 Å². The zero-order chi connectivity index (χ0) is 39.3. The Morgan fingerprint density at radius 1 is 0.875 bits per heavy atom. The van der Waals surface area contributed by atoms with Crippen LogP contribution in [0, 0.1) is 20.8 Å². The first-order valence-electron chi connectivity index (χ1n) is 20.0. The van der Waals surface area contributed by atoms with Crippen LogP contribution in [0.15, 0.2) is 71.5 Å². The maximum atomic E-state index is 14.0. The highest BCUT2D eigenvalue weighted by molar-refractivity contribution is 6.01. The van der Waals surface area contributed by atoms with Crippen LogP contribution in [0.1, 0.15) is 82.4 Å². The Bertz CT molecular complexity index is 2110. The van der Waals surface area contributed by atoms with E-state index in [1.165, 1.54) is 11.3 Å². The molecule has 3 fully saturated rings. The Kier molecular flexibility index (Phi) is 12.0. The number of benzene rings is 3. The molecule has 0 spiro atoms. The molecule has 11 nitrogen and oxygen atoms in total. The summed E-state index contributed by atoms with van der Waals surface area (Å²) >= 11 is 0. The van der Waals surface area contributed by atoms with E-state index in [9.17, 15) is 19.2 Å². The number of carbonyl (C=O) groups excluding carboxylic acids is 3. The van der Waals surface area contributed by atoms with Gasteiger partial charge < -0.3 is 24.8 Å². The molecular formula is C45H54N6O5. The number of amides is 3. The second kappa shape index (κ2) is 17.3. The van der Waals surface area contributed by atoms with Crippen molar-refractivity contribution in [3.63, 3.8) is 0 Å². The molecule has 7 rings (SSSR count). The van der Waals surface area contributed by atoms with E-state index in [0.29, 0.717) is 30.0 Å². The molecule has 0 aliphatic carbocycles. The third-order valence-corrected chi connectivity index (χ3v) is 11.8. The molecule has 4 aromatic rings. The number of hydrogen-bond acceptors (Lipinski definition) is 8. The second-order valence-electron chi connectivity index (χ2n) is 15.5. The van der Waals surface area contributed by atoms with Gasteiger partial charge in [-0.1, -0.05) is 36.4 Å². The van der Waals surface area contributed by atoms with E-state index in [1.807, 2.05) is 45.0 Å². The van der Waals surface area contributed by atoms with Gasteiger partial charge in [-0.05, 0) is 111 Å². The smallest absolute Gasteiger partial charge is 0.253 e. The van der Waals surface area contributed by atoms with Crippen molar-refractivity contribution in [2.24, 2.45) is 0 Å². The molecule has 3 amide bonds. The molecule has 3 aromatic carbocycles. The van der Waals surface area contributed by atoms with Crippen LogP contribution in [0.3, 0.4) is 0 Å². The Hall–Kier alpha value is -5.26. The number of aromatic nitrogens is 1. The number of H-pyrrole nitrogens is 1. The molecule has 4 heterocycles. The number of hydrogen-bond donors (Lipinski definition) is 3. The summed E-state index contributed by atoms with van der Waals surface area (Å²) in [6.07, 6.45) is 2.82. The molecule has 0 saturated carbocycles. The highest BCUT2D eigenvalue weighted by Gasteiger charge is 2.28. The number of pyridine rings is 1. The molecule has 3 aliphatic heterocycles. The predicted molar refractivity (Wildman–Crippen MR) is 220 cm³/mol. The summed E-state index contributed by atoms with van der Waals surface area (Å²) < 4.78 is 5.69. The van der Waals surface area contributed by atoms with Gasteiger partial charge in [-0.3, -0.25) is 29.4 Å². The molecule has 294 valence electrons. The average Bonchev–Trinajstić information content (AvgIpc) is 3.19. The quantitative estimate of drug-likeness (QED) is 0.165.